The minimum Gasteiger partial charge on any atom is -0.489 e. The summed E-state index contributed by atoms with van der Waals surface area (Å²) in [6, 6.07) is 75.1. The van der Waals surface area contributed by atoms with Gasteiger partial charge in [-0.3, -0.25) is 0 Å². The molecule has 0 radical (unpaired) electrons. The van der Waals surface area contributed by atoms with Crippen LogP contribution in [-0.4, -0.2) is 26.4 Å². The molecule has 10 aromatic rings. The van der Waals surface area contributed by atoms with E-state index in [2.05, 4.69) is 377 Å². The van der Waals surface area contributed by atoms with Crippen LogP contribution in [0.2, 0.25) is 0 Å². The predicted octanol–water partition coefficient (Wildman–Crippen LogP) is 27.7. The van der Waals surface area contributed by atoms with Gasteiger partial charge in [-0.1, -0.05) is 247 Å². The Morgan fingerprint density at radius 3 is 0.818 bits per heavy atom. The van der Waals surface area contributed by atoms with Crippen molar-refractivity contribution in [1.82, 2.24) is 0 Å². The van der Waals surface area contributed by atoms with Gasteiger partial charge in [0.25, 0.3) is 0 Å². The van der Waals surface area contributed by atoms with E-state index in [4.69, 9.17) is 18.9 Å². The Labute approximate surface area is 624 Å². The Kier molecular flexibility index (Phi) is 23.2. The molecule has 0 aliphatic heterocycles. The van der Waals surface area contributed by atoms with Gasteiger partial charge in [0.1, 0.15) is 0 Å². The third-order valence-electron chi connectivity index (χ3n) is 19.9. The highest BCUT2D eigenvalue weighted by Crippen LogP contribution is 2.66. The van der Waals surface area contributed by atoms with E-state index in [1.165, 1.54) is 55.6 Å². The summed E-state index contributed by atoms with van der Waals surface area (Å²) in [5.74, 6) is 4.87. The molecule has 2 aliphatic carbocycles. The molecule has 4 unspecified atom stereocenters. The summed E-state index contributed by atoms with van der Waals surface area (Å²) in [6.45, 7) is 33.8. The quantitative estimate of drug-likeness (QED) is 0.0636. The molecule has 2 aliphatic rings. The van der Waals surface area contributed by atoms with Crippen LogP contribution >= 0.6 is 63.7 Å². The zero-order chi connectivity index (χ0) is 70.5. The topological polar surface area (TPSA) is 43.4 Å². The van der Waals surface area contributed by atoms with Gasteiger partial charge in [-0.05, 0) is 247 Å². The largest absolute Gasteiger partial charge is 0.489 e. The molecule has 10 heteroatoms. The van der Waals surface area contributed by atoms with Crippen LogP contribution in [0.5, 0.6) is 23.0 Å². The minimum atomic E-state index is -0.615. The summed E-state index contributed by atoms with van der Waals surface area (Å²) < 4.78 is 31.0. The first-order valence-electron chi connectivity index (χ1n) is 35.4. The monoisotopic (exact) mass is 1570 g/mol. The summed E-state index contributed by atoms with van der Waals surface area (Å²) in [4.78, 5) is 4.62. The van der Waals surface area contributed by atoms with Crippen LogP contribution in [0.4, 0.5) is 34.1 Å². The fraction of sp³-hybridized carbons (Fsp3) is 0.326. The molecule has 0 N–H and O–H groups in total. The van der Waals surface area contributed by atoms with Crippen molar-refractivity contribution in [3.63, 3.8) is 0 Å². The molecule has 6 nitrogen and oxygen atoms in total. The van der Waals surface area contributed by atoms with Crippen LogP contribution in [0.3, 0.4) is 0 Å². The van der Waals surface area contributed by atoms with Crippen LogP contribution in [-0.2, 0) is 16.2 Å². The Morgan fingerprint density at radius 1 is 0.303 bits per heavy atom. The molecule has 0 amide bonds. The first-order valence-corrected chi connectivity index (χ1v) is 38.6. The Bertz CT molecular complexity index is 4100. The lowest BCUT2D eigenvalue weighted by atomic mass is 9.70. The second-order valence-electron chi connectivity index (χ2n) is 29.4. The van der Waals surface area contributed by atoms with Gasteiger partial charge in [-0.2, -0.15) is 0 Å². The average Bonchev–Trinajstić information content (AvgIpc) is 1.50. The second kappa shape index (κ2) is 31.4. The summed E-state index contributed by atoms with van der Waals surface area (Å²) in [6.07, 6.45) is 4.19. The van der Waals surface area contributed by atoms with E-state index >= 15 is 0 Å². The van der Waals surface area contributed by atoms with Gasteiger partial charge in [0.2, 0.25) is 0 Å². The Balaban J connectivity index is 0.000000200. The van der Waals surface area contributed by atoms with Crippen LogP contribution in [0.25, 0.3) is 33.4 Å². The van der Waals surface area contributed by atoms with E-state index in [0.717, 1.165) is 112 Å². The molecule has 0 fully saturated rings. The Morgan fingerprint density at radius 2 is 0.545 bits per heavy atom. The van der Waals surface area contributed by atoms with E-state index in [9.17, 15) is 0 Å². The summed E-state index contributed by atoms with van der Waals surface area (Å²) in [5.41, 5.74) is 20.9. The van der Waals surface area contributed by atoms with Crippen LogP contribution in [0.1, 0.15) is 156 Å². The van der Waals surface area contributed by atoms with Crippen molar-refractivity contribution in [1.29, 1.82) is 0 Å². The van der Waals surface area contributed by atoms with Crippen molar-refractivity contribution in [3.05, 3.63) is 258 Å². The van der Waals surface area contributed by atoms with E-state index in [1.807, 2.05) is 0 Å². The number of hydrogen-bond donors (Lipinski definition) is 0. The summed E-state index contributed by atoms with van der Waals surface area (Å²) in [7, 11) is 0. The fourth-order valence-electron chi connectivity index (χ4n) is 12.9. The smallest absolute Gasteiger partial charge is 0.161 e. The minimum absolute atomic E-state index is 0.102. The molecule has 0 heterocycles. The second-order valence-corrected chi connectivity index (χ2v) is 33.1. The van der Waals surface area contributed by atoms with Crippen molar-refractivity contribution in [2.75, 3.05) is 36.2 Å². The maximum atomic E-state index is 6.72. The van der Waals surface area contributed by atoms with E-state index < -0.39 is 5.41 Å². The first-order chi connectivity index (χ1) is 47.4. The first kappa shape index (κ1) is 73.1. The molecular weight excluding hydrogens is 1480 g/mol. The van der Waals surface area contributed by atoms with Crippen molar-refractivity contribution in [2.24, 2.45) is 23.7 Å². The van der Waals surface area contributed by atoms with Gasteiger partial charge in [-0.15, -0.1) is 0 Å². The Hall–Kier alpha value is -7.08. The normalized spacial score (nSPS) is 13.8. The van der Waals surface area contributed by atoms with E-state index in [0.29, 0.717) is 50.1 Å². The molecular formula is C89H96Br4N2O4. The van der Waals surface area contributed by atoms with Gasteiger partial charge in [-0.25, -0.2) is 0 Å². The highest BCUT2D eigenvalue weighted by Gasteiger charge is 2.53. The summed E-state index contributed by atoms with van der Waals surface area (Å²) in [5, 5.41) is 0. The highest BCUT2D eigenvalue weighted by atomic mass is 79.9. The van der Waals surface area contributed by atoms with Crippen molar-refractivity contribution < 1.29 is 18.9 Å². The molecule has 0 bridgehead atoms. The number of nitrogens with zero attached hydrogens (tertiary/aromatic N) is 2. The number of ether oxygens (including phenoxy) is 4. The number of hydrogen-bond acceptors (Lipinski definition) is 6. The lowest BCUT2D eigenvalue weighted by molar-refractivity contribution is 0.217. The molecule has 0 saturated carbocycles. The lowest BCUT2D eigenvalue weighted by Gasteiger charge is -2.31. The predicted molar refractivity (Wildman–Crippen MR) is 432 cm³/mol. The summed E-state index contributed by atoms with van der Waals surface area (Å²) >= 11 is 14.9. The van der Waals surface area contributed by atoms with E-state index in [-0.39, 0.29) is 10.8 Å². The average molecular weight is 1580 g/mol. The van der Waals surface area contributed by atoms with Crippen LogP contribution < -0.4 is 28.7 Å². The van der Waals surface area contributed by atoms with Gasteiger partial charge in [0.05, 0.1) is 31.8 Å². The van der Waals surface area contributed by atoms with Crippen molar-refractivity contribution >= 4 is 97.8 Å². The number of anilines is 6. The zero-order valence-corrected chi connectivity index (χ0v) is 66.5. The van der Waals surface area contributed by atoms with Crippen LogP contribution in [0.15, 0.2) is 224 Å². The van der Waals surface area contributed by atoms with Gasteiger partial charge in [0.15, 0.2) is 23.0 Å². The third-order valence-corrected chi connectivity index (χ3v) is 22.0. The molecule has 10 aromatic carbocycles. The molecule has 0 saturated heterocycles. The SMILES string of the molecule is CC(C)(C)c1ccc(N(c2ccc(Br)cc2)c2ccc(-c3ccc(N(c4ccc(Br)cc4)c4ccc(C(C)(C)C)cc4)cc3)cc2)cc1.CCC(C)COc1cc2c(cc1OCC(C)CC)C1(c3cc(Br)ccc3-c3ccc(Br)cc31)c1cc(OCC(C)CC)c(OCC(C)CC)cc1-2. The van der Waals surface area contributed by atoms with Crippen molar-refractivity contribution in [3.8, 4) is 56.4 Å². The van der Waals surface area contributed by atoms with Gasteiger partial charge < -0.3 is 28.7 Å². The molecule has 4 atom stereocenters. The molecule has 514 valence electrons. The number of rotatable bonds is 23. The molecule has 12 rings (SSSR count). The van der Waals surface area contributed by atoms with Crippen LogP contribution in [0, 0.1) is 23.7 Å². The zero-order valence-electron chi connectivity index (χ0n) is 60.1. The van der Waals surface area contributed by atoms with Gasteiger partial charge in [0, 0.05) is 52.0 Å². The maximum Gasteiger partial charge on any atom is 0.161 e. The number of benzene rings is 10. The molecule has 1 spiro atoms. The number of halogens is 4. The van der Waals surface area contributed by atoms with Gasteiger partial charge >= 0.3 is 0 Å². The fourth-order valence-corrected chi connectivity index (χ4v) is 14.2. The number of fused-ring (bicyclic) bond motifs is 10. The maximum absolute atomic E-state index is 6.72. The standard InChI is InChI=1S/C45H54Br2O4.C44H42Br2N2/c1-9-27(5)23-48-41-19-35-36-20-42(49-24-28(6)10-2)44(51-26-30(8)12-4)22-40(36)45(39(35)21-43(41)50-25-29(7)11-3)37-17-31(46)13-15-33(37)34-16-14-32(47)18-38(34)45;1-43(2,3)33-11-23-39(24-12-33)47(41-27-15-35(45)16-28-41)37-19-7-31(8-20-37)32-9-21-38(22-10-32)48(42-29-17-36(46)18-30-42)40-25-13-34(14-26-40)44(4,5)6/h13-22,27-30H,9-12,23-26H2,1-8H3;7-30H,1-6H3. The molecule has 0 aromatic heterocycles. The highest BCUT2D eigenvalue weighted by molar-refractivity contribution is 9.11. The van der Waals surface area contributed by atoms with Crippen molar-refractivity contribution in [2.45, 2.75) is 139 Å². The van der Waals surface area contributed by atoms with E-state index in [1.54, 1.807) is 0 Å². The lowest BCUT2D eigenvalue weighted by Crippen LogP contribution is -2.26. The molecule has 99 heavy (non-hydrogen) atoms. The third kappa shape index (κ3) is 16.2.